The van der Waals surface area contributed by atoms with Crippen molar-refractivity contribution < 1.29 is 0 Å². The van der Waals surface area contributed by atoms with Crippen molar-refractivity contribution in [3.63, 3.8) is 0 Å². The zero-order valence-corrected chi connectivity index (χ0v) is 10.6. The first-order valence-corrected chi connectivity index (χ1v) is 6.87. The van der Waals surface area contributed by atoms with Crippen molar-refractivity contribution in [1.82, 2.24) is 0 Å². The predicted molar refractivity (Wildman–Crippen MR) is 63.3 cm³/mol. The molecule has 0 nitrogen and oxygen atoms in total. The molecule has 3 atom stereocenters. The molecule has 0 heterocycles. The van der Waals surface area contributed by atoms with Gasteiger partial charge in [-0.05, 0) is 36.3 Å². The molecule has 0 aromatic carbocycles. The van der Waals surface area contributed by atoms with Gasteiger partial charge in [0, 0.05) is 5.25 Å². The van der Waals surface area contributed by atoms with Crippen LogP contribution in [0.15, 0.2) is 0 Å². The molecule has 0 aromatic heterocycles. The van der Waals surface area contributed by atoms with Gasteiger partial charge in [-0.15, -0.1) is 0 Å². The van der Waals surface area contributed by atoms with Crippen LogP contribution >= 0.6 is 11.8 Å². The second-order valence-corrected chi connectivity index (χ2v) is 6.07. The quantitative estimate of drug-likeness (QED) is 0.655. The van der Waals surface area contributed by atoms with E-state index in [9.17, 15) is 0 Å². The highest BCUT2D eigenvalue weighted by Gasteiger charge is 2.47. The molecule has 0 aromatic rings. The van der Waals surface area contributed by atoms with Gasteiger partial charge in [0.15, 0.2) is 0 Å². The van der Waals surface area contributed by atoms with E-state index in [0.717, 1.165) is 17.1 Å². The second kappa shape index (κ2) is 4.25. The summed E-state index contributed by atoms with van der Waals surface area (Å²) in [7, 11) is 0. The summed E-state index contributed by atoms with van der Waals surface area (Å²) in [5, 5.41) is 0.930. The summed E-state index contributed by atoms with van der Waals surface area (Å²) < 4.78 is 0. The molecule has 2 unspecified atom stereocenters. The Morgan fingerprint density at radius 1 is 1.46 bits per heavy atom. The maximum atomic E-state index is 2.51. The molecule has 1 saturated carbocycles. The molecule has 1 rings (SSSR count). The fourth-order valence-corrected chi connectivity index (χ4v) is 4.41. The Kier molecular flexibility index (Phi) is 3.73. The van der Waals surface area contributed by atoms with E-state index in [4.69, 9.17) is 0 Å². The van der Waals surface area contributed by atoms with E-state index < -0.39 is 0 Å². The summed E-state index contributed by atoms with van der Waals surface area (Å²) in [6, 6.07) is 0. The zero-order chi connectivity index (χ0) is 10.1. The van der Waals surface area contributed by atoms with Crippen molar-refractivity contribution in [3.8, 4) is 0 Å². The Morgan fingerprint density at radius 3 is 2.31 bits per heavy atom. The third kappa shape index (κ3) is 1.91. The van der Waals surface area contributed by atoms with Crippen LogP contribution in [0.2, 0.25) is 0 Å². The lowest BCUT2D eigenvalue weighted by atomic mass is 9.58. The van der Waals surface area contributed by atoms with E-state index in [1.165, 1.54) is 19.3 Å². The average Bonchev–Trinajstić information content (AvgIpc) is 2.03. The Hall–Kier alpha value is 0.350. The fourth-order valence-electron chi connectivity index (χ4n) is 3.23. The average molecular weight is 200 g/mol. The summed E-state index contributed by atoms with van der Waals surface area (Å²) in [6.07, 6.45) is 6.52. The summed E-state index contributed by atoms with van der Waals surface area (Å²) in [5.41, 5.74) is 0.641. The lowest BCUT2D eigenvalue weighted by molar-refractivity contribution is 0.0484. The summed E-state index contributed by atoms with van der Waals surface area (Å²) >= 11 is 2.08. The molecule has 0 radical (unpaired) electrons. The minimum atomic E-state index is 0.641. The normalized spacial score (nSPS) is 36.0. The van der Waals surface area contributed by atoms with Crippen molar-refractivity contribution in [2.24, 2.45) is 17.3 Å². The molecule has 0 aliphatic heterocycles. The van der Waals surface area contributed by atoms with Crippen LogP contribution in [0.1, 0.15) is 47.0 Å². The lowest BCUT2D eigenvalue weighted by Crippen LogP contribution is -2.47. The SMILES string of the molecule is CCC(C(C)C)C1(C)CC[C@@H]1SC. The minimum Gasteiger partial charge on any atom is -0.161 e. The van der Waals surface area contributed by atoms with Crippen molar-refractivity contribution in [2.45, 2.75) is 52.2 Å². The molecule has 78 valence electrons. The van der Waals surface area contributed by atoms with Crippen LogP contribution in [-0.2, 0) is 0 Å². The Morgan fingerprint density at radius 2 is 2.08 bits per heavy atom. The predicted octanol–water partition coefficient (Wildman–Crippen LogP) is 4.20. The summed E-state index contributed by atoms with van der Waals surface area (Å²) in [6.45, 7) is 9.63. The largest absolute Gasteiger partial charge is 0.161 e. The smallest absolute Gasteiger partial charge is 0.0101 e. The molecular weight excluding hydrogens is 176 g/mol. The molecule has 0 amide bonds. The van der Waals surface area contributed by atoms with Crippen LogP contribution in [0.3, 0.4) is 0 Å². The van der Waals surface area contributed by atoms with Crippen LogP contribution in [0.25, 0.3) is 0 Å². The van der Waals surface area contributed by atoms with Crippen molar-refractivity contribution >= 4 is 11.8 Å². The number of thioether (sulfide) groups is 1. The van der Waals surface area contributed by atoms with Crippen LogP contribution in [0.4, 0.5) is 0 Å². The summed E-state index contributed by atoms with van der Waals surface area (Å²) in [4.78, 5) is 0. The van der Waals surface area contributed by atoms with Crippen molar-refractivity contribution in [2.75, 3.05) is 6.26 Å². The molecule has 1 fully saturated rings. The van der Waals surface area contributed by atoms with Gasteiger partial charge in [-0.2, -0.15) is 11.8 Å². The number of rotatable bonds is 4. The first-order chi connectivity index (χ1) is 6.06. The monoisotopic (exact) mass is 200 g/mol. The van der Waals surface area contributed by atoms with Gasteiger partial charge >= 0.3 is 0 Å². The van der Waals surface area contributed by atoms with Crippen LogP contribution in [-0.4, -0.2) is 11.5 Å². The first kappa shape index (κ1) is 11.4. The number of hydrogen-bond acceptors (Lipinski definition) is 1. The molecule has 1 aliphatic rings. The van der Waals surface area contributed by atoms with Gasteiger partial charge in [-0.1, -0.05) is 34.1 Å². The molecule has 0 saturated heterocycles. The topological polar surface area (TPSA) is 0 Å². The van der Waals surface area contributed by atoms with Gasteiger partial charge in [0.1, 0.15) is 0 Å². The molecule has 0 N–H and O–H groups in total. The van der Waals surface area contributed by atoms with E-state index in [0.29, 0.717) is 5.41 Å². The highest BCUT2D eigenvalue weighted by Crippen LogP contribution is 2.55. The Balaban J connectivity index is 2.66. The highest BCUT2D eigenvalue weighted by molar-refractivity contribution is 7.99. The van der Waals surface area contributed by atoms with E-state index >= 15 is 0 Å². The van der Waals surface area contributed by atoms with E-state index in [-0.39, 0.29) is 0 Å². The van der Waals surface area contributed by atoms with Gasteiger partial charge in [0.25, 0.3) is 0 Å². The van der Waals surface area contributed by atoms with E-state index in [1.807, 2.05) is 0 Å². The molecule has 13 heavy (non-hydrogen) atoms. The maximum Gasteiger partial charge on any atom is 0.0101 e. The van der Waals surface area contributed by atoms with Gasteiger partial charge in [0.05, 0.1) is 0 Å². The van der Waals surface area contributed by atoms with Gasteiger partial charge in [-0.25, -0.2) is 0 Å². The van der Waals surface area contributed by atoms with E-state index in [1.54, 1.807) is 0 Å². The number of hydrogen-bond donors (Lipinski definition) is 0. The van der Waals surface area contributed by atoms with Crippen LogP contribution < -0.4 is 0 Å². The fraction of sp³-hybridized carbons (Fsp3) is 1.00. The maximum absolute atomic E-state index is 2.51. The van der Waals surface area contributed by atoms with Crippen molar-refractivity contribution in [3.05, 3.63) is 0 Å². The van der Waals surface area contributed by atoms with Gasteiger partial charge in [-0.3, -0.25) is 0 Å². The summed E-state index contributed by atoms with van der Waals surface area (Å²) in [5.74, 6) is 1.78. The Bertz CT molecular complexity index is 163. The molecular formula is C12H24S. The van der Waals surface area contributed by atoms with Gasteiger partial charge in [0.2, 0.25) is 0 Å². The first-order valence-electron chi connectivity index (χ1n) is 5.59. The Labute approximate surface area is 87.9 Å². The second-order valence-electron chi connectivity index (χ2n) is 5.03. The van der Waals surface area contributed by atoms with Gasteiger partial charge < -0.3 is 0 Å². The van der Waals surface area contributed by atoms with Crippen LogP contribution in [0.5, 0.6) is 0 Å². The molecule has 0 bridgehead atoms. The third-order valence-corrected chi connectivity index (χ3v) is 5.40. The van der Waals surface area contributed by atoms with Crippen molar-refractivity contribution in [1.29, 1.82) is 0 Å². The zero-order valence-electron chi connectivity index (χ0n) is 9.76. The van der Waals surface area contributed by atoms with Crippen LogP contribution in [0, 0.1) is 17.3 Å². The molecule has 1 heteroatoms. The third-order valence-electron chi connectivity index (χ3n) is 4.06. The minimum absolute atomic E-state index is 0.641. The lowest BCUT2D eigenvalue weighted by Gasteiger charge is -2.53. The standard InChI is InChI=1S/C12H24S/c1-6-10(9(2)3)12(4)8-7-11(12)13-5/h9-11H,6-8H2,1-5H3/t10?,11-,12?/m0/s1. The van der Waals surface area contributed by atoms with E-state index in [2.05, 4.69) is 45.7 Å². The molecule has 0 spiro atoms. The highest BCUT2D eigenvalue weighted by atomic mass is 32.2. The molecule has 1 aliphatic carbocycles.